The van der Waals surface area contributed by atoms with Gasteiger partial charge in [-0.05, 0) is 17.4 Å². The summed E-state index contributed by atoms with van der Waals surface area (Å²) in [6.07, 6.45) is 0.689. The molecule has 108 valence electrons. The molecule has 0 fully saturated rings. The van der Waals surface area contributed by atoms with Crippen molar-refractivity contribution in [3.63, 3.8) is 0 Å². The highest BCUT2D eigenvalue weighted by Gasteiger charge is 2.49. The molecule has 0 aliphatic heterocycles. The smallest absolute Gasteiger partial charge is 0.440 e. The fraction of sp³-hybridized carbons (Fsp3) is 0.100. The van der Waals surface area contributed by atoms with Crippen molar-refractivity contribution in [2.75, 3.05) is 0 Å². The predicted octanol–water partition coefficient (Wildman–Crippen LogP) is 2.07. The van der Waals surface area contributed by atoms with Crippen LogP contribution >= 0.6 is 9.24 Å². The molecule has 10 heteroatoms. The van der Waals surface area contributed by atoms with Crippen LogP contribution in [0.15, 0.2) is 34.9 Å². The average Bonchev–Trinajstić information content (AvgIpc) is 2.75. The lowest BCUT2D eigenvalue weighted by molar-refractivity contribution is -0.0501. The van der Waals surface area contributed by atoms with Crippen molar-refractivity contribution >= 4 is 24.7 Å². The molecule has 2 rings (SSSR count). The van der Waals surface area contributed by atoms with Gasteiger partial charge < -0.3 is 8.60 Å². The summed E-state index contributed by atoms with van der Waals surface area (Å²) in [4.78, 5) is 3.54. The third-order valence-corrected chi connectivity index (χ3v) is 3.41. The number of hydrogen-bond donors (Lipinski definition) is 0. The van der Waals surface area contributed by atoms with Gasteiger partial charge in [-0.15, -0.1) is 9.24 Å². The zero-order valence-corrected chi connectivity index (χ0v) is 11.6. The molecule has 0 aliphatic rings. The van der Waals surface area contributed by atoms with E-state index in [4.69, 9.17) is 4.42 Å². The Kier molecular flexibility index (Phi) is 3.75. The molecular weight excluding hydrogens is 318 g/mol. The molecule has 5 nitrogen and oxygen atoms in total. The van der Waals surface area contributed by atoms with E-state index in [1.807, 2.05) is 0 Å². The normalized spacial score (nSPS) is 12.4. The molecule has 0 spiro atoms. The van der Waals surface area contributed by atoms with Crippen LogP contribution in [0.4, 0.5) is 13.2 Å². The van der Waals surface area contributed by atoms with Crippen LogP contribution in [0.1, 0.15) is 0 Å². The minimum atomic E-state index is -5.75. The molecule has 1 heterocycles. The molecule has 2 aromatic rings. The van der Waals surface area contributed by atoms with Gasteiger partial charge in [0.2, 0.25) is 5.89 Å². The van der Waals surface area contributed by atoms with E-state index in [0.717, 1.165) is 5.30 Å². The highest BCUT2D eigenvalue weighted by atomic mass is 32.2. The number of aromatic nitrogens is 1. The van der Waals surface area contributed by atoms with Crippen molar-refractivity contribution in [2.45, 2.75) is 5.51 Å². The molecule has 0 bridgehead atoms. The Hall–Kier alpha value is -1.60. The summed E-state index contributed by atoms with van der Waals surface area (Å²) in [6.45, 7) is 0. The quantitative estimate of drug-likeness (QED) is 0.491. The summed E-state index contributed by atoms with van der Waals surface area (Å²) in [5.41, 5.74) is -5.05. The lowest BCUT2D eigenvalue weighted by Crippen LogP contribution is -2.28. The third-order valence-electron chi connectivity index (χ3n) is 2.10. The summed E-state index contributed by atoms with van der Waals surface area (Å²) in [5, 5.41) is 0.797. The number of rotatable bonds is 3. The molecule has 1 unspecified atom stereocenters. The van der Waals surface area contributed by atoms with Gasteiger partial charge in [0.1, 0.15) is 0 Å². The van der Waals surface area contributed by atoms with Crippen LogP contribution in [0.3, 0.4) is 0 Å². The van der Waals surface area contributed by atoms with E-state index < -0.39 is 21.5 Å². The van der Waals surface area contributed by atoms with Crippen molar-refractivity contribution in [3.8, 4) is 17.3 Å². The lowest BCUT2D eigenvalue weighted by atomic mass is 10.2. The number of alkyl halides is 3. The highest BCUT2D eigenvalue weighted by molar-refractivity contribution is 7.87. The van der Waals surface area contributed by atoms with E-state index in [9.17, 15) is 21.6 Å². The van der Waals surface area contributed by atoms with Crippen molar-refractivity contribution in [2.24, 2.45) is 0 Å². The largest absolute Gasteiger partial charge is 0.534 e. The molecule has 20 heavy (non-hydrogen) atoms. The molecule has 1 atom stereocenters. The van der Waals surface area contributed by atoms with Crippen LogP contribution in [-0.2, 0) is 10.1 Å². The van der Waals surface area contributed by atoms with E-state index >= 15 is 0 Å². The van der Waals surface area contributed by atoms with Crippen LogP contribution in [0, 0.1) is 0 Å². The predicted molar refractivity (Wildman–Crippen MR) is 66.9 cm³/mol. The first kappa shape index (κ1) is 14.8. The van der Waals surface area contributed by atoms with Gasteiger partial charge in [0.25, 0.3) is 5.88 Å². The van der Waals surface area contributed by atoms with Gasteiger partial charge >= 0.3 is 15.6 Å². The Morgan fingerprint density at radius 3 is 2.60 bits per heavy atom. The number of oxazole rings is 1. The molecule has 1 aromatic carbocycles. The third kappa shape index (κ3) is 3.10. The Morgan fingerprint density at radius 1 is 1.30 bits per heavy atom. The summed E-state index contributed by atoms with van der Waals surface area (Å²) in [5.74, 6) is -0.840. The zero-order valence-electron chi connectivity index (χ0n) is 9.59. The van der Waals surface area contributed by atoms with Gasteiger partial charge in [-0.1, -0.05) is 12.1 Å². The van der Waals surface area contributed by atoms with Crippen LogP contribution in [0.5, 0.6) is 5.88 Å². The van der Waals surface area contributed by atoms with Crippen LogP contribution in [-0.4, -0.2) is 18.9 Å². The molecule has 0 radical (unpaired) electrons. The second-order valence-corrected chi connectivity index (χ2v) is 5.80. The van der Waals surface area contributed by atoms with E-state index in [2.05, 4.69) is 18.4 Å². The van der Waals surface area contributed by atoms with Crippen LogP contribution in [0.2, 0.25) is 0 Å². The molecule has 0 amide bonds. The Balaban J connectivity index is 2.27. The number of halogens is 3. The van der Waals surface area contributed by atoms with Crippen LogP contribution < -0.4 is 9.49 Å². The lowest BCUT2D eigenvalue weighted by Gasteiger charge is -2.05. The molecule has 1 aromatic heterocycles. The van der Waals surface area contributed by atoms with E-state index in [0.29, 0.717) is 11.8 Å². The molecule has 0 saturated carbocycles. The van der Waals surface area contributed by atoms with Crippen molar-refractivity contribution in [1.82, 2.24) is 4.98 Å². The van der Waals surface area contributed by atoms with Gasteiger partial charge in [0.05, 0.1) is 0 Å². The maximum atomic E-state index is 12.1. The number of benzene rings is 1. The molecular formula is C10H7F3NO4PS. The number of nitrogens with zero attached hydrogens (tertiary/aromatic N) is 1. The first-order valence-electron chi connectivity index (χ1n) is 5.01. The van der Waals surface area contributed by atoms with Gasteiger partial charge in [0, 0.05) is 5.56 Å². The maximum absolute atomic E-state index is 12.1. The van der Waals surface area contributed by atoms with Crippen molar-refractivity contribution in [3.05, 3.63) is 30.5 Å². The van der Waals surface area contributed by atoms with Gasteiger partial charge in [-0.3, -0.25) is 0 Å². The monoisotopic (exact) mass is 325 g/mol. The standard InChI is InChI=1S/C10H7F3NO4PS/c11-10(12,13)20(15,16)18-8-5-17-9(14-8)6-2-1-3-7(19)4-6/h1-5H,19H2. The van der Waals surface area contributed by atoms with Crippen LogP contribution in [0.25, 0.3) is 11.5 Å². The van der Waals surface area contributed by atoms with E-state index in [1.165, 1.54) is 0 Å². The Morgan fingerprint density at radius 2 is 2.00 bits per heavy atom. The highest BCUT2D eigenvalue weighted by Crippen LogP contribution is 2.28. The Bertz CT molecular complexity index is 726. The minimum Gasteiger partial charge on any atom is -0.440 e. The second-order valence-electron chi connectivity index (χ2n) is 3.60. The van der Waals surface area contributed by atoms with Gasteiger partial charge in [0.15, 0.2) is 6.26 Å². The van der Waals surface area contributed by atoms with Crippen molar-refractivity contribution < 1.29 is 30.2 Å². The summed E-state index contributed by atoms with van der Waals surface area (Å²) < 4.78 is 66.7. The fourth-order valence-electron chi connectivity index (χ4n) is 1.26. The van der Waals surface area contributed by atoms with Gasteiger partial charge in [-0.25, -0.2) is 0 Å². The van der Waals surface area contributed by atoms with Gasteiger partial charge in [-0.2, -0.15) is 26.6 Å². The zero-order chi connectivity index (χ0) is 15.0. The average molecular weight is 325 g/mol. The van der Waals surface area contributed by atoms with E-state index in [1.54, 1.807) is 24.3 Å². The molecule has 0 N–H and O–H groups in total. The molecule has 0 aliphatic carbocycles. The van der Waals surface area contributed by atoms with E-state index in [-0.39, 0.29) is 5.89 Å². The minimum absolute atomic E-state index is 0.0540. The summed E-state index contributed by atoms with van der Waals surface area (Å²) in [7, 11) is -3.33. The molecule has 0 saturated heterocycles. The maximum Gasteiger partial charge on any atom is 0.534 e. The Labute approximate surface area is 114 Å². The van der Waals surface area contributed by atoms with Crippen molar-refractivity contribution in [1.29, 1.82) is 0 Å². The summed E-state index contributed by atoms with van der Waals surface area (Å²) >= 11 is 0. The first-order valence-corrected chi connectivity index (χ1v) is 7.00. The fourth-order valence-corrected chi connectivity index (χ4v) is 1.95. The second kappa shape index (κ2) is 5.06. The number of hydrogen-bond acceptors (Lipinski definition) is 5. The SMILES string of the molecule is O=S(=O)(Oc1coc(-c2cccc(P)c2)n1)C(F)(F)F. The topological polar surface area (TPSA) is 69.4 Å². The first-order chi connectivity index (χ1) is 9.19. The summed E-state index contributed by atoms with van der Waals surface area (Å²) in [6, 6.07) is 6.68.